The van der Waals surface area contributed by atoms with E-state index in [9.17, 15) is 9.50 Å². The van der Waals surface area contributed by atoms with Gasteiger partial charge in [0.15, 0.2) is 0 Å². The predicted octanol–water partition coefficient (Wildman–Crippen LogP) is 2.62. The quantitative estimate of drug-likeness (QED) is 0.892. The van der Waals surface area contributed by atoms with Crippen molar-refractivity contribution in [2.24, 2.45) is 0 Å². The van der Waals surface area contributed by atoms with E-state index in [4.69, 9.17) is 11.6 Å². The van der Waals surface area contributed by atoms with Crippen molar-refractivity contribution < 1.29 is 9.50 Å². The minimum absolute atomic E-state index is 0.191. The first-order valence-electron chi connectivity index (χ1n) is 6.49. The molecule has 2 fully saturated rings. The number of hydrogen-bond donors (Lipinski definition) is 1. The fourth-order valence-corrected chi connectivity index (χ4v) is 3.62. The van der Waals surface area contributed by atoms with Crippen LogP contribution in [0.5, 0.6) is 0 Å². The summed E-state index contributed by atoms with van der Waals surface area (Å²) < 4.78 is 13.8. The van der Waals surface area contributed by atoms with E-state index in [1.165, 1.54) is 6.07 Å². The van der Waals surface area contributed by atoms with Gasteiger partial charge in [0.1, 0.15) is 5.82 Å². The number of aliphatic hydroxyl groups is 1. The highest BCUT2D eigenvalue weighted by atomic mass is 35.5. The topological polar surface area (TPSA) is 23.5 Å². The van der Waals surface area contributed by atoms with Gasteiger partial charge in [-0.25, -0.2) is 4.39 Å². The molecule has 0 saturated carbocycles. The zero-order valence-corrected chi connectivity index (χ0v) is 11.0. The largest absolute Gasteiger partial charge is 0.388 e. The summed E-state index contributed by atoms with van der Waals surface area (Å²) in [5.74, 6) is -0.274. The van der Waals surface area contributed by atoms with E-state index < -0.39 is 5.60 Å². The Morgan fingerprint density at radius 3 is 3.11 bits per heavy atom. The molecule has 1 N–H and O–H groups in total. The van der Waals surface area contributed by atoms with Gasteiger partial charge in [-0.05, 0) is 49.6 Å². The van der Waals surface area contributed by atoms with Crippen molar-refractivity contribution in [3.05, 3.63) is 34.6 Å². The van der Waals surface area contributed by atoms with Gasteiger partial charge in [0, 0.05) is 24.0 Å². The van der Waals surface area contributed by atoms with E-state index >= 15 is 0 Å². The molecule has 2 nitrogen and oxygen atoms in total. The summed E-state index contributed by atoms with van der Waals surface area (Å²) in [6, 6.07) is 4.74. The second-order valence-electron chi connectivity index (χ2n) is 5.46. The van der Waals surface area contributed by atoms with Crippen molar-refractivity contribution in [2.75, 3.05) is 13.1 Å². The number of rotatable bonds is 2. The van der Waals surface area contributed by atoms with E-state index in [1.807, 2.05) is 0 Å². The fourth-order valence-electron chi connectivity index (χ4n) is 3.42. The third-order valence-electron chi connectivity index (χ3n) is 4.32. The van der Waals surface area contributed by atoms with Crippen molar-refractivity contribution >= 4 is 11.6 Å². The molecule has 0 aliphatic carbocycles. The molecule has 1 aromatic carbocycles. The first kappa shape index (κ1) is 12.4. The summed E-state index contributed by atoms with van der Waals surface area (Å²) in [6.45, 7) is 1.98. The standard InChI is InChI=1S/C14H17ClFNO/c15-11-3-4-12(16)10(8-11)9-14(18)5-7-17-6-1-2-13(14)17/h3-4,8,13,18H,1-2,5-7,9H2. The van der Waals surface area contributed by atoms with E-state index in [1.54, 1.807) is 12.1 Å². The van der Waals surface area contributed by atoms with Crippen molar-refractivity contribution in [3.8, 4) is 0 Å². The minimum atomic E-state index is -0.790. The predicted molar refractivity (Wildman–Crippen MR) is 69.3 cm³/mol. The molecule has 0 amide bonds. The van der Waals surface area contributed by atoms with Crippen LogP contribution in [0, 0.1) is 5.82 Å². The molecular weight excluding hydrogens is 253 g/mol. The van der Waals surface area contributed by atoms with Crippen LogP contribution in [0.4, 0.5) is 4.39 Å². The maximum Gasteiger partial charge on any atom is 0.126 e. The molecule has 18 heavy (non-hydrogen) atoms. The molecule has 2 atom stereocenters. The third-order valence-corrected chi connectivity index (χ3v) is 4.56. The van der Waals surface area contributed by atoms with Gasteiger partial charge in [-0.2, -0.15) is 0 Å². The van der Waals surface area contributed by atoms with Crippen LogP contribution in [0.25, 0.3) is 0 Å². The lowest BCUT2D eigenvalue weighted by atomic mass is 9.86. The molecule has 4 heteroatoms. The second kappa shape index (κ2) is 4.48. The molecule has 2 aliphatic heterocycles. The van der Waals surface area contributed by atoms with Crippen LogP contribution >= 0.6 is 11.6 Å². The lowest BCUT2D eigenvalue weighted by molar-refractivity contribution is 0.0134. The number of benzene rings is 1. The summed E-state index contributed by atoms with van der Waals surface area (Å²) >= 11 is 5.90. The van der Waals surface area contributed by atoms with E-state index in [0.717, 1.165) is 32.4 Å². The Morgan fingerprint density at radius 2 is 2.28 bits per heavy atom. The fraction of sp³-hybridized carbons (Fsp3) is 0.571. The van der Waals surface area contributed by atoms with Crippen molar-refractivity contribution in [2.45, 2.75) is 37.3 Å². The van der Waals surface area contributed by atoms with Crippen LogP contribution in [0.15, 0.2) is 18.2 Å². The molecule has 0 aromatic heterocycles. The van der Waals surface area contributed by atoms with Crippen molar-refractivity contribution in [3.63, 3.8) is 0 Å². The first-order valence-corrected chi connectivity index (χ1v) is 6.87. The molecule has 2 heterocycles. The zero-order chi connectivity index (χ0) is 12.8. The van der Waals surface area contributed by atoms with Gasteiger partial charge in [-0.1, -0.05) is 11.6 Å². The summed E-state index contributed by atoms with van der Waals surface area (Å²) in [5, 5.41) is 11.3. The Morgan fingerprint density at radius 1 is 1.44 bits per heavy atom. The van der Waals surface area contributed by atoms with Crippen molar-refractivity contribution in [1.29, 1.82) is 0 Å². The van der Waals surface area contributed by atoms with Gasteiger partial charge in [-0.3, -0.25) is 4.90 Å². The smallest absolute Gasteiger partial charge is 0.126 e. The van der Waals surface area contributed by atoms with E-state index in [2.05, 4.69) is 4.90 Å². The van der Waals surface area contributed by atoms with Crippen LogP contribution in [0.1, 0.15) is 24.8 Å². The van der Waals surface area contributed by atoms with Gasteiger partial charge >= 0.3 is 0 Å². The van der Waals surface area contributed by atoms with Crippen LogP contribution in [0.3, 0.4) is 0 Å². The molecule has 3 rings (SSSR count). The molecule has 98 valence electrons. The molecule has 0 bridgehead atoms. The third kappa shape index (κ3) is 2.04. The number of hydrogen-bond acceptors (Lipinski definition) is 2. The number of halogens is 2. The van der Waals surface area contributed by atoms with E-state index in [0.29, 0.717) is 17.0 Å². The highest BCUT2D eigenvalue weighted by Crippen LogP contribution is 2.38. The maximum atomic E-state index is 13.8. The highest BCUT2D eigenvalue weighted by molar-refractivity contribution is 6.30. The normalized spacial score (nSPS) is 31.8. The molecule has 0 radical (unpaired) electrons. The molecule has 2 aliphatic rings. The number of fused-ring (bicyclic) bond motifs is 1. The van der Waals surface area contributed by atoms with Gasteiger partial charge in [0.05, 0.1) is 5.60 Å². The minimum Gasteiger partial charge on any atom is -0.388 e. The summed E-state index contributed by atoms with van der Waals surface area (Å²) in [7, 11) is 0. The lowest BCUT2D eigenvalue weighted by Gasteiger charge is -2.30. The Kier molecular flexibility index (Phi) is 3.08. The SMILES string of the molecule is OC1(Cc2cc(Cl)ccc2F)CCN2CCCC21. The van der Waals surface area contributed by atoms with E-state index in [-0.39, 0.29) is 11.9 Å². The van der Waals surface area contributed by atoms with Gasteiger partial charge in [0.25, 0.3) is 0 Å². The summed E-state index contributed by atoms with van der Waals surface area (Å²) in [5.41, 5.74) is -0.263. The van der Waals surface area contributed by atoms with Gasteiger partial charge in [-0.15, -0.1) is 0 Å². The monoisotopic (exact) mass is 269 g/mol. The maximum absolute atomic E-state index is 13.8. The molecular formula is C14H17ClFNO. The average Bonchev–Trinajstić information content (AvgIpc) is 2.89. The number of nitrogens with zero attached hydrogens (tertiary/aromatic N) is 1. The first-order chi connectivity index (χ1) is 8.58. The summed E-state index contributed by atoms with van der Waals surface area (Å²) in [6.07, 6.45) is 3.23. The molecule has 2 saturated heterocycles. The van der Waals surface area contributed by atoms with Crippen LogP contribution in [-0.4, -0.2) is 34.7 Å². The lowest BCUT2D eigenvalue weighted by Crippen LogP contribution is -2.43. The molecule has 1 aromatic rings. The van der Waals surface area contributed by atoms with Gasteiger partial charge < -0.3 is 5.11 Å². The summed E-state index contributed by atoms with van der Waals surface area (Å²) in [4.78, 5) is 2.32. The molecule has 0 spiro atoms. The van der Waals surface area contributed by atoms with Crippen LogP contribution < -0.4 is 0 Å². The van der Waals surface area contributed by atoms with Crippen LogP contribution in [0.2, 0.25) is 5.02 Å². The zero-order valence-electron chi connectivity index (χ0n) is 10.2. The Hall–Kier alpha value is -0.640. The average molecular weight is 270 g/mol. The van der Waals surface area contributed by atoms with Crippen LogP contribution in [-0.2, 0) is 6.42 Å². The highest BCUT2D eigenvalue weighted by Gasteiger charge is 2.47. The Balaban J connectivity index is 1.85. The Labute approximate surface area is 111 Å². The van der Waals surface area contributed by atoms with Gasteiger partial charge in [0.2, 0.25) is 0 Å². The van der Waals surface area contributed by atoms with Crippen molar-refractivity contribution in [1.82, 2.24) is 4.90 Å². The second-order valence-corrected chi connectivity index (χ2v) is 5.90. The molecule has 2 unspecified atom stereocenters. The Bertz CT molecular complexity index is 467.